The van der Waals surface area contributed by atoms with Gasteiger partial charge in [0, 0.05) is 42.3 Å². The molecule has 2 aromatic carbocycles. The Balaban J connectivity index is 1.88. The molecular formula is C21H17N5O. The zero-order chi connectivity index (χ0) is 18.8. The van der Waals surface area contributed by atoms with Gasteiger partial charge in [-0.25, -0.2) is 4.68 Å². The van der Waals surface area contributed by atoms with Crippen molar-refractivity contribution in [3.63, 3.8) is 0 Å². The Morgan fingerprint density at radius 1 is 0.852 bits per heavy atom. The molecule has 6 nitrogen and oxygen atoms in total. The Morgan fingerprint density at radius 3 is 2.33 bits per heavy atom. The Hall–Kier alpha value is -3.80. The molecule has 0 fully saturated rings. The minimum absolute atomic E-state index is 0.178. The second kappa shape index (κ2) is 6.84. The van der Waals surface area contributed by atoms with Gasteiger partial charge in [-0.15, -0.1) is 0 Å². The van der Waals surface area contributed by atoms with Crippen LogP contribution in [0.5, 0.6) is 0 Å². The van der Waals surface area contributed by atoms with Gasteiger partial charge in [0.1, 0.15) is 11.4 Å². The molecule has 0 aliphatic rings. The van der Waals surface area contributed by atoms with Gasteiger partial charge < -0.3 is 5.73 Å². The minimum Gasteiger partial charge on any atom is -0.398 e. The molecule has 0 radical (unpaired) electrons. The van der Waals surface area contributed by atoms with Crippen LogP contribution in [0.3, 0.4) is 0 Å². The first kappa shape index (κ1) is 16.7. The van der Waals surface area contributed by atoms with Crippen molar-refractivity contribution in [1.82, 2.24) is 19.7 Å². The summed E-state index contributed by atoms with van der Waals surface area (Å²) >= 11 is 0. The predicted octanol–water partition coefficient (Wildman–Crippen LogP) is 3.15. The number of nitrogens with zero attached hydrogens (tertiary/aromatic N) is 4. The van der Waals surface area contributed by atoms with Crippen molar-refractivity contribution in [2.24, 2.45) is 7.05 Å². The minimum atomic E-state index is -0.178. The Labute approximate surface area is 156 Å². The second-order valence-electron chi connectivity index (χ2n) is 6.10. The average molecular weight is 355 g/mol. The lowest BCUT2D eigenvalue weighted by atomic mass is 9.98. The van der Waals surface area contributed by atoms with Crippen LogP contribution in [-0.4, -0.2) is 19.7 Å². The number of hydrogen-bond acceptors (Lipinski definition) is 5. The highest BCUT2D eigenvalue weighted by atomic mass is 16.1. The lowest BCUT2D eigenvalue weighted by Crippen LogP contribution is -2.18. The second-order valence-corrected chi connectivity index (χ2v) is 6.10. The maximum absolute atomic E-state index is 11.6. The van der Waals surface area contributed by atoms with Gasteiger partial charge in [0.15, 0.2) is 0 Å². The Kier molecular flexibility index (Phi) is 4.22. The Bertz CT molecular complexity index is 1170. The van der Waals surface area contributed by atoms with E-state index in [2.05, 4.69) is 15.1 Å². The van der Waals surface area contributed by atoms with Crippen molar-refractivity contribution in [3.8, 4) is 33.8 Å². The summed E-state index contributed by atoms with van der Waals surface area (Å²) in [6.45, 7) is 0. The molecule has 2 aromatic heterocycles. The van der Waals surface area contributed by atoms with Crippen LogP contribution in [0.2, 0.25) is 0 Å². The van der Waals surface area contributed by atoms with E-state index >= 15 is 0 Å². The average Bonchev–Trinajstić information content (AvgIpc) is 2.71. The van der Waals surface area contributed by atoms with Gasteiger partial charge in [-0.3, -0.25) is 14.8 Å². The molecule has 2 N–H and O–H groups in total. The third-order valence-corrected chi connectivity index (χ3v) is 4.31. The fourth-order valence-electron chi connectivity index (χ4n) is 2.94. The van der Waals surface area contributed by atoms with Crippen molar-refractivity contribution < 1.29 is 0 Å². The number of nitrogens with two attached hydrogens (primary N) is 1. The van der Waals surface area contributed by atoms with Crippen molar-refractivity contribution in [1.29, 1.82) is 0 Å². The van der Waals surface area contributed by atoms with Crippen LogP contribution in [0.1, 0.15) is 0 Å². The van der Waals surface area contributed by atoms with E-state index in [0.717, 1.165) is 16.7 Å². The summed E-state index contributed by atoms with van der Waals surface area (Å²) in [5, 5.41) is 4.30. The molecule has 2 heterocycles. The highest BCUT2D eigenvalue weighted by molar-refractivity contribution is 5.84. The number of hydrogen-bond donors (Lipinski definition) is 1. The van der Waals surface area contributed by atoms with Gasteiger partial charge in [0.25, 0.3) is 5.56 Å². The van der Waals surface area contributed by atoms with Crippen molar-refractivity contribution in [3.05, 3.63) is 83.4 Å². The molecule has 0 amide bonds. The van der Waals surface area contributed by atoms with E-state index in [4.69, 9.17) is 5.73 Å². The molecule has 27 heavy (non-hydrogen) atoms. The number of anilines is 1. The lowest BCUT2D eigenvalue weighted by molar-refractivity contribution is 0.711. The van der Waals surface area contributed by atoms with E-state index < -0.39 is 0 Å². The summed E-state index contributed by atoms with van der Waals surface area (Å²) < 4.78 is 1.28. The van der Waals surface area contributed by atoms with Crippen LogP contribution >= 0.6 is 0 Å². The fourth-order valence-corrected chi connectivity index (χ4v) is 2.94. The molecule has 0 bridgehead atoms. The van der Waals surface area contributed by atoms with Crippen LogP contribution in [0.4, 0.5) is 5.69 Å². The Morgan fingerprint density at radius 2 is 1.59 bits per heavy atom. The summed E-state index contributed by atoms with van der Waals surface area (Å²) in [5.41, 5.74) is 11.4. The van der Waals surface area contributed by atoms with E-state index in [-0.39, 0.29) is 5.56 Å². The summed E-state index contributed by atoms with van der Waals surface area (Å²) in [6, 6.07) is 18.9. The fraction of sp³-hybridized carbons (Fsp3) is 0.0476. The lowest BCUT2D eigenvalue weighted by Gasteiger charge is -2.11. The van der Waals surface area contributed by atoms with Crippen LogP contribution in [-0.2, 0) is 7.05 Å². The van der Waals surface area contributed by atoms with E-state index in [1.807, 2.05) is 48.5 Å². The molecule has 0 spiro atoms. The molecule has 132 valence electrons. The van der Waals surface area contributed by atoms with Crippen molar-refractivity contribution >= 4 is 5.69 Å². The highest BCUT2D eigenvalue weighted by Crippen LogP contribution is 2.33. The molecule has 0 saturated carbocycles. The molecule has 4 rings (SSSR count). The van der Waals surface area contributed by atoms with Gasteiger partial charge in [-0.1, -0.05) is 36.4 Å². The number of benzene rings is 2. The topological polar surface area (TPSA) is 86.7 Å². The number of aryl methyl sites for hydroxylation is 1. The van der Waals surface area contributed by atoms with Crippen molar-refractivity contribution in [2.75, 3.05) is 5.73 Å². The zero-order valence-corrected chi connectivity index (χ0v) is 14.7. The van der Waals surface area contributed by atoms with Crippen LogP contribution < -0.4 is 11.3 Å². The monoisotopic (exact) mass is 355 g/mol. The van der Waals surface area contributed by atoms with E-state index in [1.165, 1.54) is 10.7 Å². The zero-order valence-electron chi connectivity index (χ0n) is 14.7. The maximum atomic E-state index is 11.6. The summed E-state index contributed by atoms with van der Waals surface area (Å²) in [6.07, 6.45) is 3.25. The number of aromatic nitrogens is 4. The van der Waals surface area contributed by atoms with Gasteiger partial charge in [0.2, 0.25) is 0 Å². The third kappa shape index (κ3) is 3.20. The largest absolute Gasteiger partial charge is 0.398 e. The van der Waals surface area contributed by atoms with Gasteiger partial charge in [-0.2, -0.15) is 5.10 Å². The van der Waals surface area contributed by atoms with Gasteiger partial charge in [-0.05, 0) is 23.8 Å². The molecule has 6 heteroatoms. The summed E-state index contributed by atoms with van der Waals surface area (Å²) in [7, 11) is 1.61. The van der Waals surface area contributed by atoms with E-state index in [9.17, 15) is 4.79 Å². The normalized spacial score (nSPS) is 10.7. The van der Waals surface area contributed by atoms with E-state index in [1.54, 1.807) is 25.5 Å². The smallest absolute Gasteiger partial charge is 0.266 e. The maximum Gasteiger partial charge on any atom is 0.266 e. The third-order valence-electron chi connectivity index (χ3n) is 4.31. The molecule has 0 aliphatic carbocycles. The number of rotatable bonds is 3. The standard InChI is InChI=1S/C21H17N5O/c1-26-19(27)10-9-18(25-26)21-20(23-11-12-24-21)15-7-8-17(22)16(13-15)14-5-3-2-4-6-14/h2-13H,22H2,1H3. The molecular weight excluding hydrogens is 338 g/mol. The van der Waals surface area contributed by atoms with E-state index in [0.29, 0.717) is 22.8 Å². The quantitative estimate of drug-likeness (QED) is 0.571. The summed E-state index contributed by atoms with van der Waals surface area (Å²) in [5.74, 6) is 0. The van der Waals surface area contributed by atoms with Crippen molar-refractivity contribution in [2.45, 2.75) is 0 Å². The predicted molar refractivity (Wildman–Crippen MR) is 106 cm³/mol. The first-order valence-electron chi connectivity index (χ1n) is 8.44. The molecule has 0 unspecified atom stereocenters. The van der Waals surface area contributed by atoms with Crippen LogP contribution in [0.15, 0.2) is 77.9 Å². The molecule has 0 saturated heterocycles. The SMILES string of the molecule is Cn1nc(-c2nccnc2-c2ccc(N)c(-c3ccccc3)c2)ccc1=O. The first-order chi connectivity index (χ1) is 13.1. The van der Waals surface area contributed by atoms with Crippen LogP contribution in [0, 0.1) is 0 Å². The van der Waals surface area contributed by atoms with Gasteiger partial charge >= 0.3 is 0 Å². The summed E-state index contributed by atoms with van der Waals surface area (Å²) in [4.78, 5) is 20.6. The number of nitrogen functional groups attached to an aromatic ring is 1. The highest BCUT2D eigenvalue weighted by Gasteiger charge is 2.14. The molecule has 0 aliphatic heterocycles. The van der Waals surface area contributed by atoms with Crippen LogP contribution in [0.25, 0.3) is 33.8 Å². The first-order valence-corrected chi connectivity index (χ1v) is 8.44. The van der Waals surface area contributed by atoms with Gasteiger partial charge in [0.05, 0.1) is 5.69 Å². The molecule has 4 aromatic rings. The molecule has 0 atom stereocenters.